The van der Waals surface area contributed by atoms with Crippen molar-refractivity contribution in [2.24, 2.45) is 0 Å². The highest BCUT2D eigenvalue weighted by Crippen LogP contribution is 2.31. The first kappa shape index (κ1) is 22.9. The fourth-order valence-corrected chi connectivity index (χ4v) is 3.83. The van der Waals surface area contributed by atoms with E-state index in [0.717, 1.165) is 17.7 Å². The van der Waals surface area contributed by atoms with Crippen molar-refractivity contribution in [3.05, 3.63) is 58.6 Å². The van der Waals surface area contributed by atoms with E-state index in [0.29, 0.717) is 30.9 Å². The van der Waals surface area contributed by atoms with E-state index < -0.39 is 0 Å². The number of ether oxygens (including phenoxy) is 1. The molecule has 0 unspecified atom stereocenters. The number of urea groups is 1. The molecular formula is C23H28ClN3O4. The van der Waals surface area contributed by atoms with Crippen LogP contribution in [0.3, 0.4) is 0 Å². The number of hydrogen-bond donors (Lipinski definition) is 2. The van der Waals surface area contributed by atoms with E-state index in [1.165, 1.54) is 0 Å². The molecule has 2 aromatic rings. The number of benzene rings is 2. The molecule has 1 aliphatic heterocycles. The van der Waals surface area contributed by atoms with Gasteiger partial charge < -0.3 is 25.0 Å². The highest BCUT2D eigenvalue weighted by molar-refractivity contribution is 6.34. The third-order valence-electron chi connectivity index (χ3n) is 5.17. The van der Waals surface area contributed by atoms with Crippen LogP contribution < -0.4 is 15.0 Å². The molecule has 31 heavy (non-hydrogen) atoms. The summed E-state index contributed by atoms with van der Waals surface area (Å²) in [4.78, 5) is 29.7. The molecule has 0 bridgehead atoms. The zero-order valence-electron chi connectivity index (χ0n) is 17.8. The van der Waals surface area contributed by atoms with Gasteiger partial charge in [-0.3, -0.25) is 4.79 Å². The van der Waals surface area contributed by atoms with E-state index in [2.05, 4.69) is 5.32 Å². The Balaban J connectivity index is 1.90. The Morgan fingerprint density at radius 3 is 2.74 bits per heavy atom. The molecule has 0 saturated heterocycles. The van der Waals surface area contributed by atoms with Crippen molar-refractivity contribution in [2.45, 2.75) is 32.9 Å². The predicted molar refractivity (Wildman–Crippen MR) is 121 cm³/mol. The van der Waals surface area contributed by atoms with Crippen molar-refractivity contribution in [2.75, 3.05) is 31.2 Å². The average molecular weight is 446 g/mol. The minimum atomic E-state index is -0.242. The van der Waals surface area contributed by atoms with Crippen molar-refractivity contribution < 1.29 is 19.4 Å². The normalized spacial score (nSPS) is 15.8. The fourth-order valence-electron chi connectivity index (χ4n) is 3.57. The molecule has 3 amide bonds. The summed E-state index contributed by atoms with van der Waals surface area (Å²) in [6.07, 6.45) is 0.853. The second kappa shape index (κ2) is 10.5. The summed E-state index contributed by atoms with van der Waals surface area (Å²) in [6, 6.07) is 12.1. The Morgan fingerprint density at radius 1 is 1.26 bits per heavy atom. The van der Waals surface area contributed by atoms with E-state index in [4.69, 9.17) is 21.4 Å². The van der Waals surface area contributed by atoms with Crippen LogP contribution in [0, 0.1) is 0 Å². The molecule has 0 fully saturated rings. The van der Waals surface area contributed by atoms with Gasteiger partial charge >= 0.3 is 6.03 Å². The Bertz CT molecular complexity index is 937. The van der Waals surface area contributed by atoms with E-state index in [9.17, 15) is 9.59 Å². The lowest BCUT2D eigenvalue weighted by Gasteiger charge is -2.29. The largest absolute Gasteiger partial charge is 0.491 e. The number of carbonyl (C=O) groups is 2. The van der Waals surface area contributed by atoms with Gasteiger partial charge in [0.2, 0.25) is 0 Å². The van der Waals surface area contributed by atoms with E-state index >= 15 is 0 Å². The molecule has 0 aromatic heterocycles. The second-order valence-corrected chi connectivity index (χ2v) is 7.87. The van der Waals surface area contributed by atoms with Crippen LogP contribution in [0.5, 0.6) is 5.75 Å². The summed E-state index contributed by atoms with van der Waals surface area (Å²) < 4.78 is 5.37. The van der Waals surface area contributed by atoms with Crippen molar-refractivity contribution in [3.8, 4) is 5.75 Å². The maximum Gasteiger partial charge on any atom is 0.318 e. The molecule has 0 radical (unpaired) electrons. The summed E-state index contributed by atoms with van der Waals surface area (Å²) in [5.41, 5.74) is 2.01. The molecular weight excluding hydrogens is 418 g/mol. The lowest BCUT2D eigenvalue weighted by Crippen LogP contribution is -2.48. The Labute approximate surface area is 187 Å². The van der Waals surface area contributed by atoms with Gasteiger partial charge in [-0.1, -0.05) is 36.7 Å². The summed E-state index contributed by atoms with van der Waals surface area (Å²) in [7, 11) is 0. The number of nitrogens with one attached hydrogen (secondary N) is 1. The number of nitrogens with zero attached hydrogens (tertiary/aromatic N) is 2. The minimum Gasteiger partial charge on any atom is -0.491 e. The number of fused-ring (bicyclic) bond motifs is 1. The Morgan fingerprint density at radius 2 is 2.03 bits per heavy atom. The predicted octanol–water partition coefficient (Wildman–Crippen LogP) is 3.68. The van der Waals surface area contributed by atoms with E-state index in [1.807, 2.05) is 38.1 Å². The number of halogens is 1. The maximum absolute atomic E-state index is 13.5. The number of aliphatic hydroxyl groups is 1. The van der Waals surface area contributed by atoms with Crippen molar-refractivity contribution in [3.63, 3.8) is 0 Å². The van der Waals surface area contributed by atoms with Gasteiger partial charge in [0.25, 0.3) is 5.91 Å². The van der Waals surface area contributed by atoms with Gasteiger partial charge in [-0.2, -0.15) is 0 Å². The third-order valence-corrected chi connectivity index (χ3v) is 5.48. The summed E-state index contributed by atoms with van der Waals surface area (Å²) >= 11 is 6.40. The standard InChI is InChI=1S/C23H28ClN3O4/c1-3-10-25-23(30)26-15-17-6-4-5-7-21(17)27(14-16(26)2)22(29)19-9-8-18(13-20(19)24)31-12-11-28/h4-9,13,16,28H,3,10-12,14-15H2,1-2H3,(H,25,30)/t16-/m1/s1. The van der Waals surface area contributed by atoms with Crippen LogP contribution >= 0.6 is 11.6 Å². The zero-order chi connectivity index (χ0) is 22.4. The molecule has 0 spiro atoms. The molecule has 1 heterocycles. The maximum atomic E-state index is 13.5. The first-order valence-electron chi connectivity index (χ1n) is 10.4. The molecule has 2 aromatic carbocycles. The quantitative estimate of drug-likeness (QED) is 0.710. The molecule has 166 valence electrons. The van der Waals surface area contributed by atoms with Crippen molar-refractivity contribution in [1.29, 1.82) is 0 Å². The van der Waals surface area contributed by atoms with Gasteiger partial charge in [-0.05, 0) is 43.2 Å². The summed E-state index contributed by atoms with van der Waals surface area (Å²) in [5.74, 6) is 0.243. The van der Waals surface area contributed by atoms with E-state index in [-0.39, 0.29) is 36.2 Å². The van der Waals surface area contributed by atoms with Gasteiger partial charge in [0.15, 0.2) is 0 Å². The van der Waals surface area contributed by atoms with Gasteiger partial charge in [-0.25, -0.2) is 4.79 Å². The lowest BCUT2D eigenvalue weighted by molar-refractivity contribution is 0.0980. The Kier molecular flexibility index (Phi) is 7.76. The van der Waals surface area contributed by atoms with Gasteiger partial charge in [0.05, 0.1) is 17.2 Å². The monoisotopic (exact) mass is 445 g/mol. The van der Waals surface area contributed by atoms with Crippen LogP contribution in [0.15, 0.2) is 42.5 Å². The number of hydrogen-bond acceptors (Lipinski definition) is 4. The number of para-hydroxylation sites is 1. The van der Waals surface area contributed by atoms with Crippen LogP contribution in [0.2, 0.25) is 5.02 Å². The number of anilines is 1. The zero-order valence-corrected chi connectivity index (χ0v) is 18.6. The number of aliphatic hydroxyl groups excluding tert-OH is 1. The van der Waals surface area contributed by atoms with Gasteiger partial charge in [0, 0.05) is 31.4 Å². The average Bonchev–Trinajstić information content (AvgIpc) is 2.92. The first-order valence-corrected chi connectivity index (χ1v) is 10.8. The minimum absolute atomic E-state index is 0.108. The number of carbonyl (C=O) groups excluding carboxylic acids is 2. The van der Waals surface area contributed by atoms with E-state index in [1.54, 1.807) is 28.0 Å². The number of amides is 3. The summed E-state index contributed by atoms with van der Waals surface area (Å²) in [6.45, 7) is 5.34. The molecule has 2 N–H and O–H groups in total. The van der Waals surface area contributed by atoms with Crippen molar-refractivity contribution >= 4 is 29.2 Å². The highest BCUT2D eigenvalue weighted by Gasteiger charge is 2.32. The van der Waals surface area contributed by atoms with Crippen molar-refractivity contribution in [1.82, 2.24) is 10.2 Å². The van der Waals surface area contributed by atoms with Gasteiger partial charge in [-0.15, -0.1) is 0 Å². The van der Waals surface area contributed by atoms with Crippen LogP contribution in [0.4, 0.5) is 10.5 Å². The topological polar surface area (TPSA) is 82.1 Å². The summed E-state index contributed by atoms with van der Waals surface area (Å²) in [5, 5.41) is 12.1. The second-order valence-electron chi connectivity index (χ2n) is 7.47. The lowest BCUT2D eigenvalue weighted by atomic mass is 10.1. The molecule has 1 aliphatic rings. The molecule has 7 nitrogen and oxygen atoms in total. The van der Waals surface area contributed by atoms with Crippen LogP contribution in [-0.2, 0) is 6.54 Å². The molecule has 8 heteroatoms. The van der Waals surface area contributed by atoms with Crippen LogP contribution in [0.25, 0.3) is 0 Å². The van der Waals surface area contributed by atoms with Crippen LogP contribution in [-0.4, -0.2) is 54.3 Å². The SMILES string of the molecule is CCCNC(=O)N1Cc2ccccc2N(C(=O)c2ccc(OCCO)cc2Cl)C[C@H]1C. The molecule has 0 saturated carbocycles. The molecule has 3 rings (SSSR count). The number of rotatable bonds is 6. The van der Waals surface area contributed by atoms with Gasteiger partial charge in [0.1, 0.15) is 12.4 Å². The van der Waals surface area contributed by atoms with Crippen LogP contribution in [0.1, 0.15) is 36.2 Å². The fraction of sp³-hybridized carbons (Fsp3) is 0.391. The highest BCUT2D eigenvalue weighted by atomic mass is 35.5. The Hall–Kier alpha value is -2.77. The molecule has 0 aliphatic carbocycles. The first-order chi connectivity index (χ1) is 15.0. The third kappa shape index (κ3) is 5.29. The smallest absolute Gasteiger partial charge is 0.318 e. The molecule has 1 atom stereocenters.